The molecule has 0 amide bonds. The first-order chi connectivity index (χ1) is 3.81. The monoisotopic (exact) mass is 182 g/mol. The van der Waals surface area contributed by atoms with Crippen LogP contribution in [0.4, 0.5) is 0 Å². The van der Waals surface area contributed by atoms with E-state index in [4.69, 9.17) is 0 Å². The van der Waals surface area contributed by atoms with Crippen molar-refractivity contribution in [1.29, 1.82) is 0 Å². The van der Waals surface area contributed by atoms with E-state index in [1.165, 1.54) is 0 Å². The summed E-state index contributed by atoms with van der Waals surface area (Å²) in [4.78, 5) is -0.505. The molecule has 1 saturated heterocycles. The fourth-order valence-corrected chi connectivity index (χ4v) is 1.66. The maximum Gasteiger partial charge on any atom is 0.145 e. The van der Waals surface area contributed by atoms with Crippen LogP contribution in [0.2, 0.25) is 0 Å². The Morgan fingerprint density at radius 1 is 1.44 bits per heavy atom. The Labute approximate surface area is 68.7 Å². The fourth-order valence-electron chi connectivity index (χ4n) is 0.839. The maximum atomic E-state index is 9.27. The van der Waals surface area contributed by atoms with Crippen molar-refractivity contribution >= 4 is 11.8 Å². The van der Waals surface area contributed by atoms with Crippen molar-refractivity contribution in [3.8, 4) is 0 Å². The standard InChI is InChI=1S/C6H6OS.Fe/c7-6-4-2-1-3-5(6)8-6;/h1-5,7H;. The van der Waals surface area contributed by atoms with E-state index in [1.807, 2.05) is 24.3 Å². The van der Waals surface area contributed by atoms with Gasteiger partial charge in [0.2, 0.25) is 0 Å². The van der Waals surface area contributed by atoms with Gasteiger partial charge in [-0.1, -0.05) is 18.2 Å². The van der Waals surface area contributed by atoms with E-state index in [0.29, 0.717) is 5.25 Å². The summed E-state index contributed by atoms with van der Waals surface area (Å²) in [7, 11) is 0. The van der Waals surface area contributed by atoms with Crippen molar-refractivity contribution in [2.24, 2.45) is 0 Å². The van der Waals surface area contributed by atoms with E-state index in [9.17, 15) is 5.11 Å². The van der Waals surface area contributed by atoms with Gasteiger partial charge in [0.1, 0.15) is 4.93 Å². The third kappa shape index (κ3) is 1.10. The van der Waals surface area contributed by atoms with Crippen LogP contribution in [-0.4, -0.2) is 15.3 Å². The van der Waals surface area contributed by atoms with Gasteiger partial charge in [0, 0.05) is 17.1 Å². The zero-order valence-electron chi connectivity index (χ0n) is 4.60. The summed E-state index contributed by atoms with van der Waals surface area (Å²) in [5.74, 6) is 0. The Morgan fingerprint density at radius 2 is 2.22 bits per heavy atom. The number of thioether (sulfide) groups is 1. The Balaban J connectivity index is 0.000000405. The zero-order valence-corrected chi connectivity index (χ0v) is 6.52. The molecule has 0 bridgehead atoms. The van der Waals surface area contributed by atoms with Crippen molar-refractivity contribution in [3.63, 3.8) is 0 Å². The van der Waals surface area contributed by atoms with Gasteiger partial charge >= 0.3 is 0 Å². The molecule has 2 atom stereocenters. The van der Waals surface area contributed by atoms with Crippen molar-refractivity contribution in [2.75, 3.05) is 0 Å². The Kier molecular flexibility index (Phi) is 1.79. The second-order valence-corrected chi connectivity index (χ2v) is 3.43. The van der Waals surface area contributed by atoms with Crippen molar-refractivity contribution < 1.29 is 22.2 Å². The molecule has 1 fully saturated rings. The molecule has 0 spiro atoms. The summed E-state index contributed by atoms with van der Waals surface area (Å²) in [5, 5.41) is 9.63. The van der Waals surface area contributed by atoms with Crippen LogP contribution in [0.25, 0.3) is 0 Å². The van der Waals surface area contributed by atoms with Crippen LogP contribution in [-0.2, 0) is 17.1 Å². The van der Waals surface area contributed by atoms with Crippen LogP contribution in [0.15, 0.2) is 24.3 Å². The topological polar surface area (TPSA) is 20.2 Å². The normalized spacial score (nSPS) is 43.4. The average molecular weight is 182 g/mol. The first-order valence-corrected chi connectivity index (χ1v) is 3.45. The number of allylic oxidation sites excluding steroid dienone is 2. The summed E-state index contributed by atoms with van der Waals surface area (Å²) in [6.07, 6.45) is 7.71. The number of hydrogen-bond donors (Lipinski definition) is 1. The van der Waals surface area contributed by atoms with Crippen molar-refractivity contribution in [1.82, 2.24) is 0 Å². The maximum absolute atomic E-state index is 9.27. The number of rotatable bonds is 0. The molecule has 0 aromatic carbocycles. The van der Waals surface area contributed by atoms with Gasteiger partial charge in [0.05, 0.1) is 5.25 Å². The summed E-state index contributed by atoms with van der Waals surface area (Å²) in [6.45, 7) is 0. The van der Waals surface area contributed by atoms with Crippen LogP contribution in [0.3, 0.4) is 0 Å². The SMILES string of the molecule is OC12C=CC=CC1S2.[Fe]. The molecule has 1 nitrogen and oxygen atoms in total. The van der Waals surface area contributed by atoms with Gasteiger partial charge in [0.25, 0.3) is 0 Å². The number of aliphatic hydroxyl groups is 1. The quantitative estimate of drug-likeness (QED) is 0.444. The van der Waals surface area contributed by atoms with Crippen LogP contribution in [0, 0.1) is 0 Å². The third-order valence-electron chi connectivity index (χ3n) is 1.40. The molecule has 1 aliphatic carbocycles. The van der Waals surface area contributed by atoms with E-state index in [0.717, 1.165) is 0 Å². The first kappa shape index (κ1) is 7.42. The van der Waals surface area contributed by atoms with E-state index in [2.05, 4.69) is 0 Å². The molecule has 0 saturated carbocycles. The molecule has 2 aliphatic rings. The van der Waals surface area contributed by atoms with Gasteiger partial charge in [-0.3, -0.25) is 0 Å². The molecule has 3 heteroatoms. The van der Waals surface area contributed by atoms with Crippen LogP contribution < -0.4 is 0 Å². The second-order valence-electron chi connectivity index (χ2n) is 2.03. The van der Waals surface area contributed by atoms with E-state index < -0.39 is 4.93 Å². The van der Waals surface area contributed by atoms with Crippen LogP contribution >= 0.6 is 11.8 Å². The van der Waals surface area contributed by atoms with Crippen LogP contribution in [0.1, 0.15) is 0 Å². The van der Waals surface area contributed by atoms with Gasteiger partial charge < -0.3 is 5.11 Å². The first-order valence-electron chi connectivity index (χ1n) is 2.57. The molecule has 1 N–H and O–H groups in total. The zero-order chi connectivity index (χ0) is 5.61. The van der Waals surface area contributed by atoms with Gasteiger partial charge in [-0.05, 0) is 6.08 Å². The van der Waals surface area contributed by atoms with Crippen molar-refractivity contribution in [3.05, 3.63) is 24.3 Å². The summed E-state index contributed by atoms with van der Waals surface area (Å²) < 4.78 is 0. The molecule has 9 heavy (non-hydrogen) atoms. The second kappa shape index (κ2) is 2.17. The Morgan fingerprint density at radius 3 is 2.67 bits per heavy atom. The number of fused-ring (bicyclic) bond motifs is 1. The molecular weight excluding hydrogens is 176 g/mol. The van der Waals surface area contributed by atoms with Crippen molar-refractivity contribution in [2.45, 2.75) is 10.2 Å². The molecular formula is C6H6FeOS. The minimum absolute atomic E-state index is 0. The average Bonchev–Trinajstić information content (AvgIpc) is 2.39. The van der Waals surface area contributed by atoms with E-state index in [1.54, 1.807) is 11.8 Å². The molecule has 1 heterocycles. The van der Waals surface area contributed by atoms with Gasteiger partial charge in [-0.15, -0.1) is 11.8 Å². The predicted molar refractivity (Wildman–Crippen MR) is 34.6 cm³/mol. The van der Waals surface area contributed by atoms with Gasteiger partial charge in [-0.25, -0.2) is 0 Å². The third-order valence-corrected chi connectivity index (χ3v) is 2.68. The summed E-state index contributed by atoms with van der Waals surface area (Å²) in [6, 6.07) is 0. The molecule has 2 unspecified atom stereocenters. The van der Waals surface area contributed by atoms with Crippen LogP contribution in [0.5, 0.6) is 0 Å². The summed E-state index contributed by atoms with van der Waals surface area (Å²) in [5.41, 5.74) is 0. The summed E-state index contributed by atoms with van der Waals surface area (Å²) >= 11 is 1.58. The largest absolute Gasteiger partial charge is 0.374 e. The molecule has 2 rings (SSSR count). The molecule has 50 valence electrons. The number of hydrogen-bond acceptors (Lipinski definition) is 2. The van der Waals surface area contributed by atoms with E-state index >= 15 is 0 Å². The molecule has 0 aromatic heterocycles. The molecule has 1 aliphatic heterocycles. The smallest absolute Gasteiger partial charge is 0.145 e. The van der Waals surface area contributed by atoms with Gasteiger partial charge in [0.15, 0.2) is 0 Å². The fraction of sp³-hybridized carbons (Fsp3) is 0.333. The predicted octanol–water partition coefficient (Wildman–Crippen LogP) is 0.914. The minimum atomic E-state index is -0.505. The molecule has 0 radical (unpaired) electrons. The Bertz CT molecular complexity index is 178. The minimum Gasteiger partial charge on any atom is -0.374 e. The Hall–Kier alpha value is 0.309. The van der Waals surface area contributed by atoms with E-state index in [-0.39, 0.29) is 17.1 Å². The van der Waals surface area contributed by atoms with Gasteiger partial charge in [-0.2, -0.15) is 0 Å². The molecule has 0 aromatic rings.